The zero-order valence-electron chi connectivity index (χ0n) is 10.2. The second kappa shape index (κ2) is 4.81. The van der Waals surface area contributed by atoms with E-state index in [-0.39, 0.29) is 0 Å². The Bertz CT molecular complexity index is 203. The third-order valence-corrected chi connectivity index (χ3v) is 3.86. The summed E-state index contributed by atoms with van der Waals surface area (Å²) in [6.07, 6.45) is 4.02. The van der Waals surface area contributed by atoms with Gasteiger partial charge in [0.2, 0.25) is 0 Å². The Hall–Kier alpha value is -0.120. The van der Waals surface area contributed by atoms with Crippen LogP contribution in [0.2, 0.25) is 0 Å². The minimum atomic E-state index is 0.427. The van der Waals surface area contributed by atoms with Crippen molar-refractivity contribution >= 4 is 0 Å². The molecule has 0 aromatic rings. The SMILES string of the molecule is CC1CN(C)CCCN1CC(N)C1CC1. The minimum absolute atomic E-state index is 0.427. The van der Waals surface area contributed by atoms with Crippen LogP contribution in [-0.2, 0) is 0 Å². The first-order valence-corrected chi connectivity index (χ1v) is 6.35. The summed E-state index contributed by atoms with van der Waals surface area (Å²) < 4.78 is 0. The Kier molecular flexibility index (Phi) is 3.65. The molecule has 1 aliphatic heterocycles. The number of hydrogen-bond acceptors (Lipinski definition) is 3. The normalized spacial score (nSPS) is 32.6. The molecule has 0 aromatic heterocycles. The molecular weight excluding hydrogens is 186 g/mol. The van der Waals surface area contributed by atoms with E-state index in [1.807, 2.05) is 0 Å². The number of nitrogens with two attached hydrogens (primary N) is 1. The fraction of sp³-hybridized carbons (Fsp3) is 1.00. The number of nitrogens with zero attached hydrogens (tertiary/aromatic N) is 2. The summed E-state index contributed by atoms with van der Waals surface area (Å²) in [5, 5.41) is 0. The lowest BCUT2D eigenvalue weighted by atomic mass is 10.1. The van der Waals surface area contributed by atoms with Crippen LogP contribution < -0.4 is 5.73 Å². The van der Waals surface area contributed by atoms with E-state index in [4.69, 9.17) is 5.73 Å². The van der Waals surface area contributed by atoms with Gasteiger partial charge >= 0.3 is 0 Å². The molecule has 0 amide bonds. The molecule has 2 fully saturated rings. The van der Waals surface area contributed by atoms with Crippen molar-refractivity contribution < 1.29 is 0 Å². The van der Waals surface area contributed by atoms with Crippen molar-refractivity contribution in [3.8, 4) is 0 Å². The van der Waals surface area contributed by atoms with Crippen LogP contribution in [0.4, 0.5) is 0 Å². The first kappa shape index (κ1) is 11.4. The van der Waals surface area contributed by atoms with Crippen LogP contribution in [0.3, 0.4) is 0 Å². The monoisotopic (exact) mass is 211 g/mol. The molecule has 2 unspecified atom stereocenters. The first-order valence-electron chi connectivity index (χ1n) is 6.35. The standard InChI is InChI=1S/C12H25N3/c1-10-8-14(2)6-3-7-15(10)9-12(13)11-4-5-11/h10-12H,3-9,13H2,1-2H3. The third-order valence-electron chi connectivity index (χ3n) is 3.86. The van der Waals surface area contributed by atoms with Gasteiger partial charge in [0.15, 0.2) is 0 Å². The quantitative estimate of drug-likeness (QED) is 0.748. The molecule has 0 spiro atoms. The molecule has 2 N–H and O–H groups in total. The number of hydrogen-bond donors (Lipinski definition) is 1. The molecule has 2 aliphatic rings. The fourth-order valence-electron chi connectivity index (χ4n) is 2.64. The molecule has 2 rings (SSSR count). The first-order chi connectivity index (χ1) is 7.16. The average molecular weight is 211 g/mol. The predicted molar refractivity (Wildman–Crippen MR) is 63.8 cm³/mol. The van der Waals surface area contributed by atoms with E-state index in [9.17, 15) is 0 Å². The van der Waals surface area contributed by atoms with Crippen molar-refractivity contribution in [1.82, 2.24) is 9.80 Å². The van der Waals surface area contributed by atoms with Gasteiger partial charge in [-0.2, -0.15) is 0 Å². The van der Waals surface area contributed by atoms with Crippen LogP contribution in [0.15, 0.2) is 0 Å². The van der Waals surface area contributed by atoms with Crippen LogP contribution in [0.5, 0.6) is 0 Å². The predicted octanol–water partition coefficient (Wildman–Crippen LogP) is 0.750. The highest BCUT2D eigenvalue weighted by Crippen LogP contribution is 2.32. The molecule has 3 heteroatoms. The Labute approximate surface area is 93.6 Å². The summed E-state index contributed by atoms with van der Waals surface area (Å²) in [7, 11) is 2.22. The smallest absolute Gasteiger partial charge is 0.0196 e. The molecular formula is C12H25N3. The summed E-state index contributed by atoms with van der Waals surface area (Å²) in [6, 6.07) is 1.10. The van der Waals surface area contributed by atoms with Crippen LogP contribution in [-0.4, -0.2) is 55.1 Å². The Morgan fingerprint density at radius 1 is 1.33 bits per heavy atom. The molecule has 1 aliphatic carbocycles. The van der Waals surface area contributed by atoms with Crippen LogP contribution in [0, 0.1) is 5.92 Å². The van der Waals surface area contributed by atoms with Crippen molar-refractivity contribution in [2.24, 2.45) is 11.7 Å². The summed E-state index contributed by atoms with van der Waals surface area (Å²) in [4.78, 5) is 5.03. The summed E-state index contributed by atoms with van der Waals surface area (Å²) in [5.74, 6) is 0.832. The highest BCUT2D eigenvalue weighted by molar-refractivity contribution is 4.88. The van der Waals surface area contributed by atoms with Gasteiger partial charge in [-0.15, -0.1) is 0 Å². The molecule has 88 valence electrons. The summed E-state index contributed by atoms with van der Waals surface area (Å²) in [5.41, 5.74) is 6.20. The minimum Gasteiger partial charge on any atom is -0.326 e. The van der Waals surface area contributed by atoms with Gasteiger partial charge < -0.3 is 10.6 Å². The van der Waals surface area contributed by atoms with E-state index in [1.54, 1.807) is 0 Å². The van der Waals surface area contributed by atoms with Gasteiger partial charge in [-0.05, 0) is 52.2 Å². The molecule has 2 atom stereocenters. The van der Waals surface area contributed by atoms with Crippen molar-refractivity contribution in [2.45, 2.75) is 38.3 Å². The average Bonchev–Trinajstić information content (AvgIpc) is 2.97. The van der Waals surface area contributed by atoms with Crippen molar-refractivity contribution in [1.29, 1.82) is 0 Å². The van der Waals surface area contributed by atoms with Gasteiger partial charge in [0.05, 0.1) is 0 Å². The zero-order chi connectivity index (χ0) is 10.8. The van der Waals surface area contributed by atoms with Crippen LogP contribution in [0.25, 0.3) is 0 Å². The Morgan fingerprint density at radius 2 is 2.07 bits per heavy atom. The Morgan fingerprint density at radius 3 is 2.73 bits per heavy atom. The molecule has 3 nitrogen and oxygen atoms in total. The van der Waals surface area contributed by atoms with Crippen molar-refractivity contribution in [2.75, 3.05) is 33.2 Å². The van der Waals surface area contributed by atoms with Crippen LogP contribution >= 0.6 is 0 Å². The van der Waals surface area contributed by atoms with E-state index < -0.39 is 0 Å². The summed E-state index contributed by atoms with van der Waals surface area (Å²) in [6.45, 7) is 7.10. The number of likely N-dealkylation sites (N-methyl/N-ethyl adjacent to an activating group) is 1. The second-order valence-corrected chi connectivity index (χ2v) is 5.46. The maximum Gasteiger partial charge on any atom is 0.0196 e. The van der Waals surface area contributed by atoms with E-state index >= 15 is 0 Å². The summed E-state index contributed by atoms with van der Waals surface area (Å²) >= 11 is 0. The van der Waals surface area contributed by atoms with Gasteiger partial charge in [0, 0.05) is 25.2 Å². The fourth-order valence-corrected chi connectivity index (χ4v) is 2.64. The van der Waals surface area contributed by atoms with Gasteiger partial charge in [-0.1, -0.05) is 0 Å². The third kappa shape index (κ3) is 3.16. The lowest BCUT2D eigenvalue weighted by molar-refractivity contribution is 0.186. The van der Waals surface area contributed by atoms with Gasteiger partial charge in [0.25, 0.3) is 0 Å². The molecule has 15 heavy (non-hydrogen) atoms. The van der Waals surface area contributed by atoms with E-state index in [2.05, 4.69) is 23.8 Å². The molecule has 0 radical (unpaired) electrons. The van der Waals surface area contributed by atoms with E-state index in [0.717, 1.165) is 12.5 Å². The largest absolute Gasteiger partial charge is 0.326 e. The highest BCUT2D eigenvalue weighted by atomic mass is 15.2. The number of rotatable bonds is 3. The maximum atomic E-state index is 6.20. The lowest BCUT2D eigenvalue weighted by Crippen LogP contribution is -2.45. The van der Waals surface area contributed by atoms with E-state index in [0.29, 0.717) is 12.1 Å². The lowest BCUT2D eigenvalue weighted by Gasteiger charge is -2.30. The molecule has 1 heterocycles. The van der Waals surface area contributed by atoms with Crippen LogP contribution in [0.1, 0.15) is 26.2 Å². The van der Waals surface area contributed by atoms with Crippen molar-refractivity contribution in [3.05, 3.63) is 0 Å². The maximum absolute atomic E-state index is 6.20. The van der Waals surface area contributed by atoms with Crippen molar-refractivity contribution in [3.63, 3.8) is 0 Å². The molecule has 0 aromatic carbocycles. The molecule has 1 saturated heterocycles. The Balaban J connectivity index is 1.83. The van der Waals surface area contributed by atoms with E-state index in [1.165, 1.54) is 38.9 Å². The zero-order valence-corrected chi connectivity index (χ0v) is 10.2. The molecule has 0 bridgehead atoms. The topological polar surface area (TPSA) is 32.5 Å². The van der Waals surface area contributed by atoms with Gasteiger partial charge in [-0.3, -0.25) is 4.90 Å². The van der Waals surface area contributed by atoms with Gasteiger partial charge in [0.1, 0.15) is 0 Å². The second-order valence-electron chi connectivity index (χ2n) is 5.46. The highest BCUT2D eigenvalue weighted by Gasteiger charge is 2.31. The van der Waals surface area contributed by atoms with Gasteiger partial charge in [-0.25, -0.2) is 0 Å². The molecule has 1 saturated carbocycles.